The molecule has 0 saturated carbocycles. The van der Waals surface area contributed by atoms with Crippen LogP contribution < -0.4 is 10.6 Å². The van der Waals surface area contributed by atoms with Crippen LogP contribution >= 0.6 is 11.3 Å². The topological polar surface area (TPSA) is 29.3 Å². The Morgan fingerprint density at radius 1 is 1.14 bits per heavy atom. The molecule has 1 aromatic heterocycles. The fourth-order valence-electron chi connectivity index (χ4n) is 2.78. The first-order valence-corrected chi connectivity index (χ1v) is 8.53. The van der Waals surface area contributed by atoms with Gasteiger partial charge in [-0.25, -0.2) is 0 Å². The van der Waals surface area contributed by atoms with Gasteiger partial charge in [-0.3, -0.25) is 0 Å². The summed E-state index contributed by atoms with van der Waals surface area (Å²) in [4.78, 5) is 5.15. The van der Waals surface area contributed by atoms with Crippen molar-refractivity contribution in [1.29, 1.82) is 0 Å². The quantitative estimate of drug-likeness (QED) is 0.840. The van der Waals surface area contributed by atoms with Gasteiger partial charge in [-0.1, -0.05) is 19.1 Å². The van der Waals surface area contributed by atoms with Gasteiger partial charge in [0.05, 0.1) is 6.04 Å². The lowest BCUT2D eigenvalue weighted by Gasteiger charge is -2.36. The molecule has 2 unspecified atom stereocenters. The average molecular weight is 302 g/mol. The van der Waals surface area contributed by atoms with E-state index < -0.39 is 0 Å². The lowest BCUT2D eigenvalue weighted by molar-refractivity contribution is 0.501. The summed E-state index contributed by atoms with van der Waals surface area (Å²) in [5.41, 5.74) is 9.03. The first kappa shape index (κ1) is 16.1. The number of nitrogens with two attached hydrogens (primary N) is 1. The summed E-state index contributed by atoms with van der Waals surface area (Å²) in [6, 6.07) is 13.5. The van der Waals surface area contributed by atoms with Crippen LogP contribution in [-0.4, -0.2) is 12.6 Å². The number of nitrogens with zero attached hydrogens (tertiary/aromatic N) is 1. The summed E-state index contributed by atoms with van der Waals surface area (Å²) < 4.78 is 0. The van der Waals surface area contributed by atoms with Crippen molar-refractivity contribution in [2.45, 2.75) is 46.2 Å². The van der Waals surface area contributed by atoms with Crippen LogP contribution in [0, 0.1) is 13.8 Å². The molecule has 0 aliphatic rings. The molecule has 2 N–H and O–H groups in total. The van der Waals surface area contributed by atoms with Crippen LogP contribution in [0.15, 0.2) is 36.4 Å². The fourth-order valence-corrected chi connectivity index (χ4v) is 3.84. The number of hydrogen-bond donors (Lipinski definition) is 1. The van der Waals surface area contributed by atoms with Crippen molar-refractivity contribution in [3.8, 4) is 0 Å². The van der Waals surface area contributed by atoms with E-state index in [1.54, 1.807) is 0 Å². The van der Waals surface area contributed by atoms with Crippen molar-refractivity contribution in [3.05, 3.63) is 51.7 Å². The largest absolute Gasteiger partial charge is 0.362 e. The van der Waals surface area contributed by atoms with Gasteiger partial charge in [0.2, 0.25) is 0 Å². The minimum absolute atomic E-state index is 0.142. The predicted molar refractivity (Wildman–Crippen MR) is 94.3 cm³/mol. The van der Waals surface area contributed by atoms with Crippen LogP contribution in [0.3, 0.4) is 0 Å². The number of likely N-dealkylation sites (N-methyl/N-ethyl adjacent to an activating group) is 1. The molecule has 1 heterocycles. The number of aryl methyl sites for hydroxylation is 2. The van der Waals surface area contributed by atoms with Crippen LogP contribution in [0.4, 0.5) is 5.69 Å². The van der Waals surface area contributed by atoms with Crippen LogP contribution in [0.25, 0.3) is 0 Å². The molecule has 0 saturated heterocycles. The molecule has 0 fully saturated rings. The second-order valence-corrected chi connectivity index (χ2v) is 6.91. The van der Waals surface area contributed by atoms with Crippen molar-refractivity contribution in [2.75, 3.05) is 11.4 Å². The third-order valence-corrected chi connectivity index (χ3v) is 5.01. The predicted octanol–water partition coefficient (Wildman–Crippen LogP) is 4.67. The summed E-state index contributed by atoms with van der Waals surface area (Å²) in [7, 11) is 0. The highest BCUT2D eigenvalue weighted by atomic mass is 32.1. The molecule has 1 aromatic carbocycles. The van der Waals surface area contributed by atoms with Gasteiger partial charge in [-0.15, -0.1) is 11.3 Å². The monoisotopic (exact) mass is 302 g/mol. The van der Waals surface area contributed by atoms with Gasteiger partial charge >= 0.3 is 0 Å². The Bertz CT molecular complexity index is 576. The van der Waals surface area contributed by atoms with Crippen LogP contribution in [0.1, 0.15) is 41.6 Å². The number of anilines is 1. The Labute approximate surface area is 132 Å². The molecular weight excluding hydrogens is 276 g/mol. The summed E-state index contributed by atoms with van der Waals surface area (Å²) in [5.74, 6) is 0. The van der Waals surface area contributed by atoms with E-state index in [9.17, 15) is 0 Å². The average Bonchev–Trinajstić information content (AvgIpc) is 2.89. The SMILES string of the molecule is CCC(N)C(c1ccc(C)s1)N(CC)c1cccc(C)c1. The summed E-state index contributed by atoms with van der Waals surface area (Å²) in [5, 5.41) is 0. The van der Waals surface area contributed by atoms with Gasteiger partial charge < -0.3 is 10.6 Å². The molecule has 2 rings (SSSR count). The lowest BCUT2D eigenvalue weighted by Crippen LogP contribution is -2.40. The lowest BCUT2D eigenvalue weighted by atomic mass is 10.0. The number of benzene rings is 1. The number of hydrogen-bond acceptors (Lipinski definition) is 3. The van der Waals surface area contributed by atoms with E-state index in [1.807, 2.05) is 11.3 Å². The Balaban J connectivity index is 2.42. The minimum atomic E-state index is 0.142. The molecular formula is C18H26N2S. The van der Waals surface area contributed by atoms with E-state index in [2.05, 4.69) is 69.0 Å². The molecule has 2 atom stereocenters. The molecule has 2 aromatic rings. The van der Waals surface area contributed by atoms with E-state index in [1.165, 1.54) is 21.0 Å². The molecule has 0 amide bonds. The fraction of sp³-hybridized carbons (Fsp3) is 0.444. The van der Waals surface area contributed by atoms with Gasteiger partial charge in [0, 0.05) is 28.0 Å². The minimum Gasteiger partial charge on any atom is -0.362 e. The highest BCUT2D eigenvalue weighted by molar-refractivity contribution is 7.12. The normalized spacial score (nSPS) is 14.0. The second-order valence-electron chi connectivity index (χ2n) is 5.59. The zero-order valence-electron chi connectivity index (χ0n) is 13.5. The van der Waals surface area contributed by atoms with Crippen molar-refractivity contribution in [1.82, 2.24) is 0 Å². The van der Waals surface area contributed by atoms with Crippen molar-refractivity contribution < 1.29 is 0 Å². The molecule has 21 heavy (non-hydrogen) atoms. The van der Waals surface area contributed by atoms with Gasteiger partial charge in [-0.05, 0) is 57.0 Å². The Morgan fingerprint density at radius 3 is 2.43 bits per heavy atom. The van der Waals surface area contributed by atoms with E-state index >= 15 is 0 Å². The third-order valence-electron chi connectivity index (χ3n) is 3.94. The Hall–Kier alpha value is -1.32. The molecule has 0 aliphatic heterocycles. The van der Waals surface area contributed by atoms with Crippen molar-refractivity contribution in [3.63, 3.8) is 0 Å². The standard InChI is InChI=1S/C18H26N2S/c1-5-16(19)18(17-11-10-14(4)21-17)20(6-2)15-9-7-8-13(3)12-15/h7-12,16,18H,5-6,19H2,1-4H3. The zero-order chi connectivity index (χ0) is 15.4. The van der Waals surface area contributed by atoms with E-state index in [-0.39, 0.29) is 12.1 Å². The maximum Gasteiger partial charge on any atom is 0.0785 e. The molecule has 3 heteroatoms. The van der Waals surface area contributed by atoms with E-state index in [0.29, 0.717) is 0 Å². The highest BCUT2D eigenvalue weighted by Gasteiger charge is 2.26. The molecule has 0 aliphatic carbocycles. The van der Waals surface area contributed by atoms with Crippen molar-refractivity contribution >= 4 is 17.0 Å². The first-order chi connectivity index (χ1) is 10.1. The molecule has 2 nitrogen and oxygen atoms in total. The molecule has 0 spiro atoms. The van der Waals surface area contributed by atoms with E-state index in [4.69, 9.17) is 5.73 Å². The zero-order valence-corrected chi connectivity index (χ0v) is 14.3. The smallest absolute Gasteiger partial charge is 0.0785 e. The summed E-state index contributed by atoms with van der Waals surface area (Å²) >= 11 is 1.86. The highest BCUT2D eigenvalue weighted by Crippen LogP contribution is 2.34. The summed E-state index contributed by atoms with van der Waals surface area (Å²) in [6.45, 7) is 9.63. The molecule has 0 bridgehead atoms. The summed E-state index contributed by atoms with van der Waals surface area (Å²) in [6.07, 6.45) is 0.976. The second kappa shape index (κ2) is 7.10. The van der Waals surface area contributed by atoms with Gasteiger partial charge in [-0.2, -0.15) is 0 Å². The maximum atomic E-state index is 6.48. The first-order valence-electron chi connectivity index (χ1n) is 7.72. The van der Waals surface area contributed by atoms with E-state index in [0.717, 1.165) is 13.0 Å². The van der Waals surface area contributed by atoms with Gasteiger partial charge in [0.25, 0.3) is 0 Å². The molecule has 0 radical (unpaired) electrons. The number of rotatable bonds is 6. The van der Waals surface area contributed by atoms with Gasteiger partial charge in [0.1, 0.15) is 0 Å². The maximum absolute atomic E-state index is 6.48. The Morgan fingerprint density at radius 2 is 1.90 bits per heavy atom. The molecule has 114 valence electrons. The van der Waals surface area contributed by atoms with Crippen LogP contribution in [-0.2, 0) is 0 Å². The number of thiophene rings is 1. The van der Waals surface area contributed by atoms with Crippen LogP contribution in [0.2, 0.25) is 0 Å². The van der Waals surface area contributed by atoms with Gasteiger partial charge in [0.15, 0.2) is 0 Å². The van der Waals surface area contributed by atoms with Crippen LogP contribution in [0.5, 0.6) is 0 Å². The third kappa shape index (κ3) is 3.66. The van der Waals surface area contributed by atoms with Crippen molar-refractivity contribution in [2.24, 2.45) is 5.73 Å². The Kier molecular flexibility index (Phi) is 5.43.